The van der Waals surface area contributed by atoms with Crippen LogP contribution in [0.25, 0.3) is 5.69 Å². The Morgan fingerprint density at radius 1 is 1.24 bits per heavy atom. The smallest absolute Gasteiger partial charge is 0.359 e. The van der Waals surface area contributed by atoms with Gasteiger partial charge in [0.15, 0.2) is 0 Å². The van der Waals surface area contributed by atoms with Gasteiger partial charge in [0.05, 0.1) is 5.69 Å². The van der Waals surface area contributed by atoms with E-state index in [0.717, 1.165) is 16.2 Å². The van der Waals surface area contributed by atoms with Crippen LogP contribution in [-0.4, -0.2) is 29.0 Å². The van der Waals surface area contributed by atoms with E-state index < -0.39 is 8.07 Å². The van der Waals surface area contributed by atoms with Gasteiger partial charge in [0.1, 0.15) is 13.1 Å². The number of rotatable bonds is 6. The molecule has 0 fully saturated rings. The van der Waals surface area contributed by atoms with Crippen LogP contribution in [0, 0.1) is 0 Å². The van der Waals surface area contributed by atoms with Crippen LogP contribution in [0.3, 0.4) is 0 Å². The molecule has 0 saturated carbocycles. The third-order valence-electron chi connectivity index (χ3n) is 3.06. The monoisotopic (exact) mass is 369 g/mol. The summed E-state index contributed by atoms with van der Waals surface area (Å²) in [6, 6.07) is 8.77. The Hall–Kier alpha value is -1.18. The van der Waals surface area contributed by atoms with Gasteiger partial charge in [0.2, 0.25) is 0 Å². The van der Waals surface area contributed by atoms with Crippen molar-refractivity contribution in [2.75, 3.05) is 6.61 Å². The lowest BCUT2D eigenvalue weighted by Crippen LogP contribution is -2.26. The molecule has 0 aliphatic rings. The van der Waals surface area contributed by atoms with Gasteiger partial charge < -0.3 is 4.74 Å². The summed E-state index contributed by atoms with van der Waals surface area (Å²) in [5.74, 6) is 0. The molecule has 0 bridgehead atoms. The Kier molecular flexibility index (Phi) is 5.18. The van der Waals surface area contributed by atoms with Crippen LogP contribution in [0.1, 0.15) is 0 Å². The van der Waals surface area contributed by atoms with Crippen molar-refractivity contribution >= 4 is 24.0 Å². The minimum Gasteiger partial charge on any atom is -0.359 e. The number of ether oxygens (including phenoxy) is 1. The highest BCUT2D eigenvalue weighted by molar-refractivity contribution is 9.10. The van der Waals surface area contributed by atoms with E-state index in [9.17, 15) is 4.79 Å². The van der Waals surface area contributed by atoms with Crippen molar-refractivity contribution in [1.82, 2.24) is 14.3 Å². The second-order valence-corrected chi connectivity index (χ2v) is 12.6. The fourth-order valence-corrected chi connectivity index (χ4v) is 2.79. The maximum absolute atomic E-state index is 11.8. The average Bonchev–Trinajstić information content (AvgIpc) is 2.76. The number of benzene rings is 1. The SMILES string of the molecule is C[Si](C)(C)CCOCn1c(=O)ncn1-c1ccc(Br)cc1. The largest absolute Gasteiger partial charge is 0.366 e. The van der Waals surface area contributed by atoms with E-state index in [1.165, 1.54) is 11.0 Å². The van der Waals surface area contributed by atoms with Crippen molar-refractivity contribution < 1.29 is 4.74 Å². The molecule has 1 aromatic carbocycles. The summed E-state index contributed by atoms with van der Waals surface area (Å²) in [6.45, 7) is 7.80. The zero-order valence-corrected chi connectivity index (χ0v) is 15.1. The fraction of sp³-hybridized carbons (Fsp3) is 0.429. The minimum absolute atomic E-state index is 0.222. The lowest BCUT2D eigenvalue weighted by molar-refractivity contribution is 0.0711. The van der Waals surface area contributed by atoms with Crippen LogP contribution in [-0.2, 0) is 11.5 Å². The standard InChI is InChI=1S/C14H20BrN3O2Si/c1-21(2,3)9-8-20-11-18-14(19)16-10-17(18)13-6-4-12(15)5-7-13/h4-7,10H,8-9,11H2,1-3H3. The number of nitrogens with zero attached hydrogens (tertiary/aromatic N) is 3. The number of halogens is 1. The molecule has 7 heteroatoms. The molecular formula is C14H20BrN3O2Si. The lowest BCUT2D eigenvalue weighted by atomic mass is 10.3. The summed E-state index contributed by atoms with van der Waals surface area (Å²) in [7, 11) is -1.12. The molecule has 0 saturated heterocycles. The van der Waals surface area contributed by atoms with E-state index in [-0.39, 0.29) is 12.4 Å². The van der Waals surface area contributed by atoms with Gasteiger partial charge in [-0.2, -0.15) is 4.98 Å². The molecule has 2 aromatic rings. The first kappa shape index (κ1) is 16.2. The number of hydrogen-bond donors (Lipinski definition) is 0. The Bertz CT molecular complexity index is 643. The van der Waals surface area contributed by atoms with Gasteiger partial charge in [-0.25, -0.2) is 14.2 Å². The summed E-state index contributed by atoms with van der Waals surface area (Å²) >= 11 is 3.40. The van der Waals surface area contributed by atoms with Gasteiger partial charge in [-0.05, 0) is 30.3 Å². The van der Waals surface area contributed by atoms with Gasteiger partial charge in [0.25, 0.3) is 0 Å². The molecule has 0 spiro atoms. The minimum atomic E-state index is -1.12. The highest BCUT2D eigenvalue weighted by Gasteiger charge is 2.13. The summed E-state index contributed by atoms with van der Waals surface area (Å²) in [6.07, 6.45) is 1.52. The molecule has 1 aromatic heterocycles. The first-order chi connectivity index (χ1) is 9.87. The number of hydrogen-bond acceptors (Lipinski definition) is 3. The third kappa shape index (κ3) is 4.65. The van der Waals surface area contributed by atoms with Crippen molar-refractivity contribution in [3.05, 3.63) is 45.5 Å². The van der Waals surface area contributed by atoms with Crippen molar-refractivity contribution in [2.24, 2.45) is 0 Å². The maximum Gasteiger partial charge on any atom is 0.366 e. The summed E-state index contributed by atoms with van der Waals surface area (Å²) in [5, 5.41) is 0. The Labute approximate surface area is 133 Å². The molecule has 0 aliphatic heterocycles. The molecule has 0 amide bonds. The van der Waals surface area contributed by atoms with E-state index in [0.29, 0.717) is 6.61 Å². The highest BCUT2D eigenvalue weighted by atomic mass is 79.9. The van der Waals surface area contributed by atoms with Crippen LogP contribution >= 0.6 is 15.9 Å². The zero-order chi connectivity index (χ0) is 15.5. The van der Waals surface area contributed by atoms with Crippen molar-refractivity contribution in [1.29, 1.82) is 0 Å². The highest BCUT2D eigenvalue weighted by Crippen LogP contribution is 2.13. The van der Waals surface area contributed by atoms with Gasteiger partial charge in [-0.3, -0.25) is 0 Å². The van der Waals surface area contributed by atoms with Crippen LogP contribution in [0.2, 0.25) is 25.7 Å². The van der Waals surface area contributed by atoms with Gasteiger partial charge in [0, 0.05) is 19.2 Å². The van der Waals surface area contributed by atoms with Crippen molar-refractivity contribution in [3.8, 4) is 5.69 Å². The molecule has 21 heavy (non-hydrogen) atoms. The topological polar surface area (TPSA) is 49.1 Å². The first-order valence-corrected chi connectivity index (χ1v) is 11.3. The van der Waals surface area contributed by atoms with Gasteiger partial charge >= 0.3 is 5.69 Å². The van der Waals surface area contributed by atoms with Crippen LogP contribution in [0.4, 0.5) is 0 Å². The normalized spacial score (nSPS) is 11.8. The Morgan fingerprint density at radius 3 is 2.52 bits per heavy atom. The quantitative estimate of drug-likeness (QED) is 0.580. The molecule has 0 aliphatic carbocycles. The van der Waals surface area contributed by atoms with Crippen LogP contribution < -0.4 is 5.69 Å². The molecule has 5 nitrogen and oxygen atoms in total. The van der Waals surface area contributed by atoms with E-state index in [1.54, 1.807) is 4.68 Å². The predicted octanol–water partition coefficient (Wildman–Crippen LogP) is 3.11. The fourth-order valence-electron chi connectivity index (χ4n) is 1.77. The van der Waals surface area contributed by atoms with Crippen molar-refractivity contribution in [2.45, 2.75) is 32.4 Å². The third-order valence-corrected chi connectivity index (χ3v) is 5.29. The lowest BCUT2D eigenvalue weighted by Gasteiger charge is -2.16. The summed E-state index contributed by atoms with van der Waals surface area (Å²) < 4.78 is 9.85. The van der Waals surface area contributed by atoms with Crippen LogP contribution in [0.15, 0.2) is 39.9 Å². The zero-order valence-electron chi connectivity index (χ0n) is 12.5. The molecular weight excluding hydrogens is 350 g/mol. The predicted molar refractivity (Wildman–Crippen MR) is 89.6 cm³/mol. The second-order valence-electron chi connectivity index (χ2n) is 6.10. The maximum atomic E-state index is 11.8. The molecule has 0 radical (unpaired) electrons. The van der Waals surface area contributed by atoms with E-state index >= 15 is 0 Å². The molecule has 1 heterocycles. The summed E-state index contributed by atoms with van der Waals surface area (Å²) in [5.41, 5.74) is 0.576. The van der Waals surface area contributed by atoms with E-state index in [2.05, 4.69) is 40.6 Å². The van der Waals surface area contributed by atoms with Crippen LogP contribution in [0.5, 0.6) is 0 Å². The Morgan fingerprint density at radius 2 is 1.90 bits per heavy atom. The first-order valence-electron chi connectivity index (χ1n) is 6.85. The number of aromatic nitrogens is 3. The van der Waals surface area contributed by atoms with Gasteiger partial charge in [-0.15, -0.1) is 0 Å². The molecule has 0 atom stereocenters. The summed E-state index contributed by atoms with van der Waals surface area (Å²) in [4.78, 5) is 15.7. The molecule has 2 rings (SSSR count). The average molecular weight is 370 g/mol. The molecule has 0 N–H and O–H groups in total. The van der Waals surface area contributed by atoms with E-state index in [1.807, 2.05) is 24.3 Å². The van der Waals surface area contributed by atoms with Gasteiger partial charge in [-0.1, -0.05) is 35.6 Å². The van der Waals surface area contributed by atoms with Crippen molar-refractivity contribution in [3.63, 3.8) is 0 Å². The second kappa shape index (κ2) is 6.72. The van der Waals surface area contributed by atoms with E-state index in [4.69, 9.17) is 4.74 Å². The molecule has 0 unspecified atom stereocenters. The molecule has 114 valence electrons. The Balaban J connectivity index is 2.08.